The van der Waals surface area contributed by atoms with Gasteiger partial charge in [0.1, 0.15) is 17.5 Å². The fourth-order valence-corrected chi connectivity index (χ4v) is 4.94. The lowest BCUT2D eigenvalue weighted by Crippen LogP contribution is -2.38. The number of amides is 2. The van der Waals surface area contributed by atoms with Crippen LogP contribution in [-0.2, 0) is 6.54 Å². The fourth-order valence-electron chi connectivity index (χ4n) is 4.94. The van der Waals surface area contributed by atoms with E-state index < -0.39 is 23.7 Å². The van der Waals surface area contributed by atoms with Crippen molar-refractivity contribution in [3.63, 3.8) is 0 Å². The second kappa shape index (κ2) is 9.05. The van der Waals surface area contributed by atoms with Gasteiger partial charge >= 0.3 is 6.03 Å². The van der Waals surface area contributed by atoms with Gasteiger partial charge in [0, 0.05) is 17.4 Å². The van der Waals surface area contributed by atoms with Crippen molar-refractivity contribution in [3.05, 3.63) is 131 Å². The molecule has 5 aromatic rings. The summed E-state index contributed by atoms with van der Waals surface area (Å²) in [4.78, 5) is 15.4. The number of anilines is 1. The number of hydrogen-bond acceptors (Lipinski definition) is 2. The molecule has 0 bridgehead atoms. The molecule has 1 aliphatic rings. The van der Waals surface area contributed by atoms with Gasteiger partial charge in [-0.15, -0.1) is 0 Å². The Morgan fingerprint density at radius 3 is 2.43 bits per heavy atom. The smallest absolute Gasteiger partial charge is 0.308 e. The van der Waals surface area contributed by atoms with Gasteiger partial charge in [-0.1, -0.05) is 36.4 Å². The summed E-state index contributed by atoms with van der Waals surface area (Å²) in [7, 11) is 0. The SMILES string of the molecule is Cc1nn(-c2ccccc2)c2c1CN(C(=O)Nc1cccc(F)c1)[C@@H](c1cccc(F)c1)c1cccn1-2. The molecule has 0 unspecified atom stereocenters. The second-order valence-electron chi connectivity index (χ2n) is 8.96. The highest BCUT2D eigenvalue weighted by molar-refractivity contribution is 5.90. The molecule has 0 spiro atoms. The van der Waals surface area contributed by atoms with E-state index >= 15 is 0 Å². The van der Waals surface area contributed by atoms with Crippen LogP contribution in [0.5, 0.6) is 0 Å². The molecule has 3 heterocycles. The predicted octanol–water partition coefficient (Wildman–Crippen LogP) is 6.39. The van der Waals surface area contributed by atoms with Gasteiger partial charge in [0.2, 0.25) is 0 Å². The number of fused-ring (bicyclic) bond motifs is 3. The zero-order chi connectivity index (χ0) is 25.5. The van der Waals surface area contributed by atoms with Crippen LogP contribution in [0.4, 0.5) is 19.3 Å². The maximum atomic E-state index is 14.4. The van der Waals surface area contributed by atoms with Gasteiger partial charge < -0.3 is 14.8 Å². The first-order valence-corrected chi connectivity index (χ1v) is 11.9. The molecule has 0 aliphatic carbocycles. The monoisotopic (exact) mass is 495 g/mol. The molecule has 184 valence electrons. The van der Waals surface area contributed by atoms with Crippen molar-refractivity contribution in [3.8, 4) is 11.5 Å². The number of carbonyl (C=O) groups excluding carboxylic acids is 1. The highest BCUT2D eigenvalue weighted by Crippen LogP contribution is 2.38. The van der Waals surface area contributed by atoms with Crippen molar-refractivity contribution in [2.24, 2.45) is 0 Å². The summed E-state index contributed by atoms with van der Waals surface area (Å²) >= 11 is 0. The molecule has 6 nitrogen and oxygen atoms in total. The van der Waals surface area contributed by atoms with Crippen LogP contribution >= 0.6 is 0 Å². The highest BCUT2D eigenvalue weighted by Gasteiger charge is 2.36. The van der Waals surface area contributed by atoms with Crippen molar-refractivity contribution in [1.82, 2.24) is 19.2 Å². The van der Waals surface area contributed by atoms with Gasteiger partial charge in [0.25, 0.3) is 0 Å². The number of benzene rings is 3. The number of hydrogen-bond donors (Lipinski definition) is 1. The van der Waals surface area contributed by atoms with Crippen LogP contribution in [0, 0.1) is 18.6 Å². The maximum absolute atomic E-state index is 14.4. The van der Waals surface area contributed by atoms with E-state index in [9.17, 15) is 13.6 Å². The normalized spacial score (nSPS) is 14.6. The summed E-state index contributed by atoms with van der Waals surface area (Å²) in [5.74, 6) is -0.0350. The van der Waals surface area contributed by atoms with Crippen molar-refractivity contribution >= 4 is 11.7 Å². The standard InChI is InChI=1S/C29H23F2N5O/c1-19-25-18-35(29(37)32-23-11-6-10-22(31)17-23)27(20-8-5-9-21(30)16-20)26-14-7-15-34(26)28(25)36(33-19)24-12-3-2-4-13-24/h2-17,27H,18H2,1H3,(H,32,37)/t27-/m0/s1. The van der Waals surface area contributed by atoms with Crippen molar-refractivity contribution in [2.75, 3.05) is 5.32 Å². The van der Waals surface area contributed by atoms with Gasteiger partial charge in [0.15, 0.2) is 0 Å². The summed E-state index contributed by atoms with van der Waals surface area (Å²) < 4.78 is 32.1. The van der Waals surface area contributed by atoms with Gasteiger partial charge in [-0.05, 0) is 67.1 Å². The Balaban J connectivity index is 1.54. The quantitative estimate of drug-likeness (QED) is 0.316. The first-order chi connectivity index (χ1) is 18.0. The minimum absolute atomic E-state index is 0.206. The fraction of sp³-hybridized carbons (Fsp3) is 0.103. The molecular formula is C29H23F2N5O. The molecule has 1 aliphatic heterocycles. The largest absolute Gasteiger partial charge is 0.322 e. The Bertz CT molecular complexity index is 1610. The first-order valence-electron chi connectivity index (χ1n) is 11.9. The van der Waals surface area contributed by atoms with Crippen molar-refractivity contribution in [1.29, 1.82) is 0 Å². The van der Waals surface area contributed by atoms with Crippen LogP contribution in [0.2, 0.25) is 0 Å². The third-order valence-corrected chi connectivity index (χ3v) is 6.59. The number of carbonyl (C=O) groups is 1. The molecule has 8 heteroatoms. The minimum Gasteiger partial charge on any atom is -0.308 e. The predicted molar refractivity (Wildman–Crippen MR) is 137 cm³/mol. The molecule has 0 saturated heterocycles. The lowest BCUT2D eigenvalue weighted by Gasteiger charge is -2.31. The van der Waals surface area contributed by atoms with Crippen LogP contribution in [0.1, 0.15) is 28.6 Å². The molecule has 2 amide bonds. The molecule has 1 atom stereocenters. The second-order valence-corrected chi connectivity index (χ2v) is 8.96. The molecule has 0 saturated carbocycles. The topological polar surface area (TPSA) is 55.1 Å². The number of halogens is 2. The molecule has 1 N–H and O–H groups in total. The average molecular weight is 496 g/mol. The number of aromatic nitrogens is 3. The number of rotatable bonds is 3. The van der Waals surface area contributed by atoms with Crippen molar-refractivity contribution in [2.45, 2.75) is 19.5 Å². The molecule has 6 rings (SSSR count). The number of nitrogens with zero attached hydrogens (tertiary/aromatic N) is 4. The number of urea groups is 1. The Kier molecular flexibility index (Phi) is 5.56. The number of aryl methyl sites for hydroxylation is 1. The molecule has 0 fully saturated rings. The molecular weight excluding hydrogens is 472 g/mol. The average Bonchev–Trinajstić information content (AvgIpc) is 3.45. The number of para-hydroxylation sites is 1. The van der Waals surface area contributed by atoms with Crippen LogP contribution < -0.4 is 5.32 Å². The molecule has 37 heavy (non-hydrogen) atoms. The van der Waals surface area contributed by atoms with E-state index in [4.69, 9.17) is 5.10 Å². The summed E-state index contributed by atoms with van der Waals surface area (Å²) in [6.07, 6.45) is 1.93. The zero-order valence-corrected chi connectivity index (χ0v) is 20.0. The summed E-state index contributed by atoms with van der Waals surface area (Å²) in [6, 6.07) is 24.5. The Hall–Kier alpha value is -4.72. The Morgan fingerprint density at radius 2 is 1.68 bits per heavy atom. The van der Waals surface area contributed by atoms with E-state index in [1.807, 2.05) is 64.8 Å². The van der Waals surface area contributed by atoms with E-state index in [1.165, 1.54) is 30.3 Å². The first kappa shape index (κ1) is 22.7. The molecule has 0 radical (unpaired) electrons. The third kappa shape index (κ3) is 4.06. The summed E-state index contributed by atoms with van der Waals surface area (Å²) in [5, 5.41) is 7.63. The van der Waals surface area contributed by atoms with Crippen LogP contribution in [0.15, 0.2) is 97.2 Å². The van der Waals surface area contributed by atoms with Crippen molar-refractivity contribution < 1.29 is 13.6 Å². The van der Waals surface area contributed by atoms with E-state index in [1.54, 1.807) is 23.1 Å². The minimum atomic E-state index is -0.615. The van der Waals surface area contributed by atoms with Gasteiger partial charge in [-0.25, -0.2) is 18.3 Å². The highest BCUT2D eigenvalue weighted by atomic mass is 19.1. The zero-order valence-electron chi connectivity index (χ0n) is 20.0. The van der Waals surface area contributed by atoms with Crippen LogP contribution in [-0.4, -0.2) is 25.3 Å². The van der Waals surface area contributed by atoms with E-state index in [0.29, 0.717) is 11.3 Å². The maximum Gasteiger partial charge on any atom is 0.322 e. The van der Waals surface area contributed by atoms with E-state index in [-0.39, 0.29) is 6.54 Å². The molecule has 3 aromatic carbocycles. The van der Waals surface area contributed by atoms with E-state index in [0.717, 1.165) is 28.5 Å². The lowest BCUT2D eigenvalue weighted by atomic mass is 10.0. The van der Waals surface area contributed by atoms with Gasteiger partial charge in [-0.2, -0.15) is 5.10 Å². The van der Waals surface area contributed by atoms with Gasteiger partial charge in [0.05, 0.1) is 29.7 Å². The summed E-state index contributed by atoms with van der Waals surface area (Å²) in [6.45, 7) is 2.12. The van der Waals surface area contributed by atoms with Crippen LogP contribution in [0.3, 0.4) is 0 Å². The van der Waals surface area contributed by atoms with E-state index in [2.05, 4.69) is 5.32 Å². The van der Waals surface area contributed by atoms with Gasteiger partial charge in [-0.3, -0.25) is 0 Å². The molecule has 2 aromatic heterocycles. The lowest BCUT2D eigenvalue weighted by molar-refractivity contribution is 0.194. The number of nitrogens with one attached hydrogen (secondary N) is 1. The summed E-state index contributed by atoms with van der Waals surface area (Å²) in [5.41, 5.74) is 4.23. The third-order valence-electron chi connectivity index (χ3n) is 6.59. The Labute approximate surface area is 212 Å². The van der Waals surface area contributed by atoms with Crippen LogP contribution in [0.25, 0.3) is 11.5 Å². The Morgan fingerprint density at radius 1 is 0.919 bits per heavy atom.